The van der Waals surface area contributed by atoms with E-state index in [2.05, 4.69) is 0 Å². The van der Waals surface area contributed by atoms with E-state index in [1.165, 1.54) is 13.8 Å². The van der Waals surface area contributed by atoms with Crippen LogP contribution in [0.1, 0.15) is 61.3 Å². The molecule has 0 rings (SSSR count). The largest absolute Gasteiger partial charge is 0.399 e. The number of rotatable bonds is 8. The molecule has 0 aromatic heterocycles. The minimum Gasteiger partial charge on any atom is -0.367 e. The van der Waals surface area contributed by atoms with Gasteiger partial charge in [0.2, 0.25) is 0 Å². The molecule has 128 valence electrons. The number of alkyl halides is 3. The Kier molecular flexibility index (Phi) is 7.71. The van der Waals surface area contributed by atoms with Crippen LogP contribution in [-0.2, 0) is 4.74 Å². The lowest BCUT2D eigenvalue weighted by Crippen LogP contribution is -2.54. The van der Waals surface area contributed by atoms with Gasteiger partial charge in [0.1, 0.15) is 5.41 Å². The van der Waals surface area contributed by atoms with Crippen LogP contribution in [0.25, 0.3) is 0 Å². The predicted octanol–water partition coefficient (Wildman–Crippen LogP) is 5.01. The molecule has 2 nitrogen and oxygen atoms in total. The fourth-order valence-electron chi connectivity index (χ4n) is 3.07. The van der Waals surface area contributed by atoms with Crippen LogP contribution in [0.15, 0.2) is 0 Å². The van der Waals surface area contributed by atoms with Crippen molar-refractivity contribution in [3.05, 3.63) is 0 Å². The zero-order chi connectivity index (χ0) is 17.0. The predicted molar refractivity (Wildman–Crippen MR) is 78.8 cm³/mol. The van der Waals surface area contributed by atoms with Gasteiger partial charge >= 0.3 is 6.18 Å². The highest BCUT2D eigenvalue weighted by Gasteiger charge is 2.61. The van der Waals surface area contributed by atoms with Crippen LogP contribution < -0.4 is 0 Å². The molecule has 0 aliphatic rings. The lowest BCUT2D eigenvalue weighted by molar-refractivity contribution is -0.335. The minimum atomic E-state index is -4.50. The van der Waals surface area contributed by atoms with Crippen LogP contribution in [-0.4, -0.2) is 23.7 Å². The Morgan fingerprint density at radius 3 is 1.62 bits per heavy atom. The summed E-state index contributed by atoms with van der Waals surface area (Å²) in [6.45, 7) is 12.2. The second-order valence-corrected chi connectivity index (χ2v) is 6.88. The maximum Gasteiger partial charge on any atom is 0.399 e. The van der Waals surface area contributed by atoms with Crippen molar-refractivity contribution >= 4 is 0 Å². The highest BCUT2D eigenvalue weighted by atomic mass is 19.4. The molecule has 1 N–H and O–H groups in total. The SMILES string of the molecule is CCCC(C(C)C)(C(O)OC(C(C)C)C(C)C)C(F)(F)F. The molecule has 5 heteroatoms. The standard InChI is InChI=1S/C16H31F3O2/c1-8-9-15(12(6)7,16(17,18)19)14(20)21-13(10(2)3)11(4)5/h10-14,20H,8-9H2,1-7H3. The van der Waals surface area contributed by atoms with Crippen LogP contribution >= 0.6 is 0 Å². The molecular weight excluding hydrogens is 281 g/mol. The summed E-state index contributed by atoms with van der Waals surface area (Å²) in [6.07, 6.45) is -6.55. The fourth-order valence-corrected chi connectivity index (χ4v) is 3.07. The zero-order valence-corrected chi connectivity index (χ0v) is 14.3. The van der Waals surface area contributed by atoms with E-state index in [4.69, 9.17) is 4.74 Å². The van der Waals surface area contributed by atoms with Crippen LogP contribution in [0.4, 0.5) is 13.2 Å². The van der Waals surface area contributed by atoms with Crippen LogP contribution in [0.2, 0.25) is 0 Å². The van der Waals surface area contributed by atoms with E-state index in [0.29, 0.717) is 6.42 Å². The quantitative estimate of drug-likeness (QED) is 0.639. The van der Waals surface area contributed by atoms with Gasteiger partial charge in [-0.15, -0.1) is 0 Å². The maximum absolute atomic E-state index is 13.7. The number of ether oxygens (including phenoxy) is 1. The summed E-state index contributed by atoms with van der Waals surface area (Å²) in [5, 5.41) is 10.3. The number of aliphatic hydroxyl groups excluding tert-OH is 1. The first-order valence-electron chi connectivity index (χ1n) is 7.82. The molecule has 0 amide bonds. The van der Waals surface area contributed by atoms with E-state index in [9.17, 15) is 18.3 Å². The molecule has 0 aliphatic heterocycles. The Morgan fingerprint density at radius 1 is 0.952 bits per heavy atom. The van der Waals surface area contributed by atoms with E-state index in [0.717, 1.165) is 0 Å². The molecule has 0 aromatic carbocycles. The Bertz CT molecular complexity index is 292. The Balaban J connectivity index is 5.52. The third kappa shape index (κ3) is 4.59. The summed E-state index contributed by atoms with van der Waals surface area (Å²) in [6, 6.07) is 0. The average molecular weight is 312 g/mol. The molecule has 0 spiro atoms. The smallest absolute Gasteiger partial charge is 0.367 e. The van der Waals surface area contributed by atoms with Crippen molar-refractivity contribution in [3.63, 3.8) is 0 Å². The first-order valence-corrected chi connectivity index (χ1v) is 7.82. The number of hydrogen-bond donors (Lipinski definition) is 1. The summed E-state index contributed by atoms with van der Waals surface area (Å²) in [5.41, 5.74) is -2.22. The molecule has 2 unspecified atom stereocenters. The van der Waals surface area contributed by atoms with Crippen molar-refractivity contribution < 1.29 is 23.0 Å². The molecule has 0 bridgehead atoms. The fraction of sp³-hybridized carbons (Fsp3) is 1.00. The van der Waals surface area contributed by atoms with Gasteiger partial charge < -0.3 is 9.84 Å². The van der Waals surface area contributed by atoms with Crippen molar-refractivity contribution in [3.8, 4) is 0 Å². The zero-order valence-electron chi connectivity index (χ0n) is 14.3. The normalized spacial score (nSPS) is 17.9. The lowest BCUT2D eigenvalue weighted by Gasteiger charge is -2.44. The molecular formula is C16H31F3O2. The molecule has 0 heterocycles. The van der Waals surface area contributed by atoms with E-state index < -0.39 is 29.9 Å². The minimum absolute atomic E-state index is 0.0411. The molecule has 0 saturated heterocycles. The molecule has 2 atom stereocenters. The van der Waals surface area contributed by atoms with E-state index >= 15 is 0 Å². The van der Waals surface area contributed by atoms with Crippen LogP contribution in [0.5, 0.6) is 0 Å². The molecule has 21 heavy (non-hydrogen) atoms. The summed E-state index contributed by atoms with van der Waals surface area (Å²) in [4.78, 5) is 0. The van der Waals surface area contributed by atoms with E-state index in [1.807, 2.05) is 27.7 Å². The topological polar surface area (TPSA) is 29.5 Å². The van der Waals surface area contributed by atoms with Crippen molar-refractivity contribution in [1.82, 2.24) is 0 Å². The van der Waals surface area contributed by atoms with Crippen LogP contribution in [0, 0.1) is 23.2 Å². The highest BCUT2D eigenvalue weighted by molar-refractivity contribution is 4.92. The first kappa shape index (κ1) is 20.7. The molecule has 0 aromatic rings. The van der Waals surface area contributed by atoms with Gasteiger partial charge in [-0.1, -0.05) is 54.9 Å². The van der Waals surface area contributed by atoms with E-state index in [1.54, 1.807) is 6.92 Å². The number of aliphatic hydroxyl groups is 1. The molecule has 0 saturated carbocycles. The van der Waals surface area contributed by atoms with Crippen molar-refractivity contribution in [2.24, 2.45) is 23.2 Å². The Labute approximate surface area is 127 Å². The summed E-state index contributed by atoms with van der Waals surface area (Å²) < 4.78 is 46.5. The van der Waals surface area contributed by atoms with Gasteiger partial charge in [0.05, 0.1) is 6.10 Å². The van der Waals surface area contributed by atoms with Crippen molar-refractivity contribution in [2.75, 3.05) is 0 Å². The molecule has 0 fully saturated rings. The summed E-state index contributed by atoms with van der Waals surface area (Å²) in [7, 11) is 0. The van der Waals surface area contributed by atoms with E-state index in [-0.39, 0.29) is 18.3 Å². The first-order chi connectivity index (χ1) is 9.41. The van der Waals surface area contributed by atoms with Gasteiger partial charge in [-0.2, -0.15) is 13.2 Å². The second kappa shape index (κ2) is 7.82. The van der Waals surface area contributed by atoms with Gasteiger partial charge in [-0.05, 0) is 24.2 Å². The molecule has 0 aliphatic carbocycles. The van der Waals surface area contributed by atoms with Crippen molar-refractivity contribution in [1.29, 1.82) is 0 Å². The highest BCUT2D eigenvalue weighted by Crippen LogP contribution is 2.51. The van der Waals surface area contributed by atoms with Crippen LogP contribution in [0.3, 0.4) is 0 Å². The lowest BCUT2D eigenvalue weighted by atomic mass is 9.72. The number of hydrogen-bond acceptors (Lipinski definition) is 2. The summed E-state index contributed by atoms with van der Waals surface area (Å²) in [5.74, 6) is -0.675. The van der Waals surface area contributed by atoms with Gasteiger partial charge in [0, 0.05) is 0 Å². The van der Waals surface area contributed by atoms with Crippen molar-refractivity contribution in [2.45, 2.75) is 79.9 Å². The number of halogens is 3. The average Bonchev–Trinajstić information content (AvgIpc) is 2.29. The van der Waals surface area contributed by atoms with Gasteiger partial charge in [-0.25, -0.2) is 0 Å². The molecule has 0 radical (unpaired) electrons. The van der Waals surface area contributed by atoms with Gasteiger partial charge in [0.15, 0.2) is 6.29 Å². The Hall–Kier alpha value is -0.290. The Morgan fingerprint density at radius 2 is 1.38 bits per heavy atom. The second-order valence-electron chi connectivity index (χ2n) is 6.88. The maximum atomic E-state index is 13.7. The summed E-state index contributed by atoms with van der Waals surface area (Å²) >= 11 is 0. The third-order valence-corrected chi connectivity index (χ3v) is 4.26. The monoisotopic (exact) mass is 312 g/mol. The van der Waals surface area contributed by atoms with Gasteiger partial charge in [-0.3, -0.25) is 0 Å². The van der Waals surface area contributed by atoms with Gasteiger partial charge in [0.25, 0.3) is 0 Å². The third-order valence-electron chi connectivity index (χ3n) is 4.26.